The fourth-order valence-corrected chi connectivity index (χ4v) is 4.93. The van der Waals surface area contributed by atoms with Crippen LogP contribution < -0.4 is 15.8 Å². The van der Waals surface area contributed by atoms with Crippen LogP contribution in [0.5, 0.6) is 0 Å². The van der Waals surface area contributed by atoms with Gasteiger partial charge in [-0.15, -0.1) is 11.3 Å². The lowest BCUT2D eigenvalue weighted by molar-refractivity contribution is -0.137. The highest BCUT2D eigenvalue weighted by molar-refractivity contribution is 7.13. The van der Waals surface area contributed by atoms with Crippen LogP contribution in [0.1, 0.15) is 18.2 Å². The zero-order valence-corrected chi connectivity index (χ0v) is 20.3. The van der Waals surface area contributed by atoms with Gasteiger partial charge in [0.1, 0.15) is 11.5 Å². The van der Waals surface area contributed by atoms with Crippen LogP contribution in [-0.2, 0) is 18.0 Å². The summed E-state index contributed by atoms with van der Waals surface area (Å²) < 4.78 is 46.2. The number of nitrogens with one attached hydrogen (secondary N) is 1. The minimum absolute atomic E-state index is 0.135. The third-order valence-corrected chi connectivity index (χ3v) is 6.82. The average molecular weight is 514 g/mol. The molecule has 1 saturated heterocycles. The lowest BCUT2D eigenvalue weighted by Gasteiger charge is -2.22. The number of rotatable bonds is 6. The first-order chi connectivity index (χ1) is 16.1. The van der Waals surface area contributed by atoms with Gasteiger partial charge in [0.2, 0.25) is 0 Å². The molecule has 0 amide bonds. The summed E-state index contributed by atoms with van der Waals surface area (Å²) in [5.41, 5.74) is -0.260. The number of nitrogens with zero attached hydrogens (tertiary/aromatic N) is 4. The smallest absolute Gasteiger partial charge is 0.374 e. The van der Waals surface area contributed by atoms with Crippen molar-refractivity contribution < 1.29 is 17.9 Å². The van der Waals surface area contributed by atoms with E-state index in [2.05, 4.69) is 20.2 Å². The van der Waals surface area contributed by atoms with Crippen LogP contribution in [0.3, 0.4) is 0 Å². The molecule has 1 N–H and O–H groups in total. The molecular weight excluding hydrogens is 491 g/mol. The molecule has 34 heavy (non-hydrogen) atoms. The molecule has 0 bridgehead atoms. The highest BCUT2D eigenvalue weighted by Crippen LogP contribution is 2.35. The number of hydrogen-bond acceptors (Lipinski definition) is 7. The van der Waals surface area contributed by atoms with E-state index in [9.17, 15) is 18.0 Å². The van der Waals surface area contributed by atoms with Gasteiger partial charge in [-0.05, 0) is 32.0 Å². The van der Waals surface area contributed by atoms with Crippen molar-refractivity contribution in [2.24, 2.45) is 7.05 Å². The van der Waals surface area contributed by atoms with E-state index in [-0.39, 0.29) is 34.1 Å². The van der Waals surface area contributed by atoms with E-state index in [0.717, 1.165) is 17.3 Å². The molecule has 3 heterocycles. The molecule has 182 valence electrons. The minimum Gasteiger partial charge on any atom is -0.374 e. The Labute approximate surface area is 203 Å². The van der Waals surface area contributed by atoms with E-state index in [1.807, 2.05) is 12.3 Å². The largest absolute Gasteiger partial charge is 0.416 e. The number of ether oxygens (including phenoxy) is 1. The Morgan fingerprint density at radius 3 is 2.71 bits per heavy atom. The van der Waals surface area contributed by atoms with Crippen LogP contribution >= 0.6 is 22.9 Å². The summed E-state index contributed by atoms with van der Waals surface area (Å²) in [6, 6.07) is 2.81. The first-order valence-electron chi connectivity index (χ1n) is 10.6. The molecule has 0 spiro atoms. The standard InChI is InChI=1S/C22H23ClF3N5O2S/c1-4-33-17-11-31(21-27-7-8-34-21)10-16(17)29-18-12(2)28-19(30(3)20(18)32)14-6-5-13(9-15(14)23)22(24,25)26/h5-9,16-17,29H,4,10-11H2,1-3H3/t16-,17+/m1/s1. The van der Waals surface area contributed by atoms with Crippen LogP contribution in [0.25, 0.3) is 11.4 Å². The number of hydrogen-bond donors (Lipinski definition) is 1. The molecular formula is C22H23ClF3N5O2S. The summed E-state index contributed by atoms with van der Waals surface area (Å²) in [6.45, 7) is 5.33. The summed E-state index contributed by atoms with van der Waals surface area (Å²) in [6.07, 6.45) is -2.94. The van der Waals surface area contributed by atoms with Gasteiger partial charge in [-0.25, -0.2) is 9.97 Å². The number of anilines is 2. The van der Waals surface area contributed by atoms with Crippen molar-refractivity contribution in [3.63, 3.8) is 0 Å². The Morgan fingerprint density at radius 1 is 1.32 bits per heavy atom. The molecule has 1 fully saturated rings. The average Bonchev–Trinajstić information content (AvgIpc) is 3.44. The first kappa shape index (κ1) is 24.5. The predicted molar refractivity (Wildman–Crippen MR) is 127 cm³/mol. The second-order valence-corrected chi connectivity index (χ2v) is 9.20. The van der Waals surface area contributed by atoms with Gasteiger partial charge < -0.3 is 15.0 Å². The zero-order chi connectivity index (χ0) is 24.6. The molecule has 0 aliphatic carbocycles. The molecule has 4 rings (SSSR count). The molecule has 2 atom stereocenters. The van der Waals surface area contributed by atoms with Gasteiger partial charge >= 0.3 is 6.18 Å². The van der Waals surface area contributed by atoms with Crippen LogP contribution in [0.4, 0.5) is 24.0 Å². The molecule has 3 aromatic rings. The Morgan fingerprint density at radius 2 is 2.09 bits per heavy atom. The Balaban J connectivity index is 1.65. The molecule has 12 heteroatoms. The van der Waals surface area contributed by atoms with Gasteiger partial charge in [0.15, 0.2) is 5.13 Å². The Hall–Kier alpha value is -2.63. The van der Waals surface area contributed by atoms with Crippen LogP contribution in [-0.4, -0.2) is 46.4 Å². The Bertz CT molecular complexity index is 1230. The lowest BCUT2D eigenvalue weighted by atomic mass is 10.1. The second-order valence-electron chi connectivity index (χ2n) is 7.92. The van der Waals surface area contributed by atoms with E-state index < -0.39 is 11.7 Å². The van der Waals surface area contributed by atoms with E-state index >= 15 is 0 Å². The number of aromatic nitrogens is 3. The molecule has 2 aromatic heterocycles. The second kappa shape index (κ2) is 9.55. The van der Waals surface area contributed by atoms with Crippen molar-refractivity contribution in [2.45, 2.75) is 32.2 Å². The van der Waals surface area contributed by atoms with Gasteiger partial charge in [-0.1, -0.05) is 11.6 Å². The van der Waals surface area contributed by atoms with E-state index in [1.165, 1.54) is 29.0 Å². The number of aryl methyl sites for hydroxylation is 1. The van der Waals surface area contributed by atoms with Gasteiger partial charge in [-0.2, -0.15) is 13.2 Å². The first-order valence-corrected chi connectivity index (χ1v) is 11.8. The van der Waals surface area contributed by atoms with Crippen LogP contribution in [0.2, 0.25) is 5.02 Å². The normalized spacial score (nSPS) is 18.5. The van der Waals surface area contributed by atoms with Crippen molar-refractivity contribution >= 4 is 33.8 Å². The molecule has 0 saturated carbocycles. The highest BCUT2D eigenvalue weighted by Gasteiger charge is 2.36. The third-order valence-electron chi connectivity index (χ3n) is 5.68. The fraction of sp³-hybridized carbons (Fsp3) is 0.409. The quantitative estimate of drug-likeness (QED) is 0.520. The number of alkyl halides is 3. The zero-order valence-electron chi connectivity index (χ0n) is 18.7. The number of benzene rings is 1. The molecule has 1 aliphatic rings. The topological polar surface area (TPSA) is 72.3 Å². The predicted octanol–water partition coefficient (Wildman–Crippen LogP) is 4.59. The maximum absolute atomic E-state index is 13.3. The van der Waals surface area contributed by atoms with Gasteiger partial charge in [0, 0.05) is 43.9 Å². The molecule has 1 aliphatic heterocycles. The highest BCUT2D eigenvalue weighted by atomic mass is 35.5. The van der Waals surface area contributed by atoms with Crippen molar-refractivity contribution in [1.29, 1.82) is 0 Å². The van der Waals surface area contributed by atoms with Crippen molar-refractivity contribution in [3.8, 4) is 11.4 Å². The van der Waals surface area contributed by atoms with Crippen LogP contribution in [0, 0.1) is 6.92 Å². The number of thiazole rings is 1. The summed E-state index contributed by atoms with van der Waals surface area (Å²) in [5.74, 6) is 0.184. The molecule has 0 radical (unpaired) electrons. The van der Waals surface area contributed by atoms with Crippen molar-refractivity contribution in [2.75, 3.05) is 29.9 Å². The number of halogens is 4. The van der Waals surface area contributed by atoms with Gasteiger partial charge in [0.25, 0.3) is 5.56 Å². The lowest BCUT2D eigenvalue weighted by Crippen LogP contribution is -2.38. The maximum atomic E-state index is 13.3. The van der Waals surface area contributed by atoms with Gasteiger partial charge in [0.05, 0.1) is 28.4 Å². The van der Waals surface area contributed by atoms with Crippen LogP contribution in [0.15, 0.2) is 34.6 Å². The monoisotopic (exact) mass is 513 g/mol. The van der Waals surface area contributed by atoms with Crippen molar-refractivity contribution in [3.05, 3.63) is 56.4 Å². The van der Waals surface area contributed by atoms with E-state index in [0.29, 0.717) is 31.1 Å². The molecule has 0 unspecified atom stereocenters. The minimum atomic E-state index is -4.52. The summed E-state index contributed by atoms with van der Waals surface area (Å²) in [7, 11) is 1.51. The third kappa shape index (κ3) is 4.77. The maximum Gasteiger partial charge on any atom is 0.416 e. The van der Waals surface area contributed by atoms with E-state index in [4.69, 9.17) is 16.3 Å². The molecule has 1 aromatic carbocycles. The molecule has 7 nitrogen and oxygen atoms in total. The van der Waals surface area contributed by atoms with Crippen molar-refractivity contribution in [1.82, 2.24) is 14.5 Å². The fourth-order valence-electron chi connectivity index (χ4n) is 4.00. The Kier molecular flexibility index (Phi) is 6.88. The summed E-state index contributed by atoms with van der Waals surface area (Å²) in [4.78, 5) is 24.2. The van der Waals surface area contributed by atoms with Gasteiger partial charge in [-0.3, -0.25) is 9.36 Å². The van der Waals surface area contributed by atoms with E-state index in [1.54, 1.807) is 13.1 Å². The summed E-state index contributed by atoms with van der Waals surface area (Å²) >= 11 is 7.68. The summed E-state index contributed by atoms with van der Waals surface area (Å²) in [5, 5.41) is 5.95. The SMILES string of the molecule is CCO[C@H]1CN(c2nccs2)C[C@H]1Nc1c(C)nc(-c2ccc(C(F)(F)F)cc2Cl)n(C)c1=O.